The Morgan fingerprint density at radius 1 is 1.41 bits per heavy atom. The lowest BCUT2D eigenvalue weighted by Crippen LogP contribution is -1.91. The van der Waals surface area contributed by atoms with Crippen LogP contribution < -0.4 is 4.74 Å². The molecule has 0 saturated heterocycles. The molecule has 0 bridgehead atoms. The lowest BCUT2D eigenvalue weighted by molar-refractivity contribution is 0.386. The maximum Gasteiger partial charge on any atom is 0.212 e. The van der Waals surface area contributed by atoms with E-state index >= 15 is 0 Å². The van der Waals surface area contributed by atoms with Gasteiger partial charge in [0.25, 0.3) is 0 Å². The van der Waals surface area contributed by atoms with Gasteiger partial charge < -0.3 is 9.84 Å². The summed E-state index contributed by atoms with van der Waals surface area (Å²) < 4.78 is 19.8. The highest BCUT2D eigenvalue weighted by molar-refractivity contribution is 5.65. The summed E-state index contributed by atoms with van der Waals surface area (Å²) in [5.74, 6) is -0.183. The van der Waals surface area contributed by atoms with E-state index in [0.29, 0.717) is 16.8 Å². The van der Waals surface area contributed by atoms with E-state index in [2.05, 4.69) is 5.10 Å². The number of aromatic hydroxyl groups is 1. The summed E-state index contributed by atoms with van der Waals surface area (Å²) in [7, 11) is 3.04. The molecule has 0 aliphatic rings. The van der Waals surface area contributed by atoms with Crippen LogP contribution in [0.1, 0.15) is 5.56 Å². The molecular weight excluding hydrogens is 223 g/mol. The Bertz CT molecular complexity index is 564. The lowest BCUT2D eigenvalue weighted by Gasteiger charge is -2.03. The average molecular weight is 236 g/mol. The Labute approximate surface area is 98.3 Å². The van der Waals surface area contributed by atoms with E-state index in [1.807, 2.05) is 0 Å². The summed E-state index contributed by atoms with van der Waals surface area (Å²) >= 11 is 0. The van der Waals surface area contributed by atoms with Gasteiger partial charge in [0, 0.05) is 18.2 Å². The van der Waals surface area contributed by atoms with Gasteiger partial charge in [-0.2, -0.15) is 5.10 Å². The van der Waals surface area contributed by atoms with Crippen molar-refractivity contribution in [1.29, 1.82) is 0 Å². The van der Waals surface area contributed by atoms with E-state index in [1.165, 1.54) is 23.9 Å². The molecule has 0 saturated carbocycles. The molecule has 0 fully saturated rings. The van der Waals surface area contributed by atoms with Crippen LogP contribution in [0, 0.1) is 12.7 Å². The van der Waals surface area contributed by atoms with Gasteiger partial charge in [0.15, 0.2) is 11.6 Å². The molecule has 0 aliphatic carbocycles. The SMILES string of the molecule is COc1ccc(-c2nn(C)c(O)c2C)cc1F. The average Bonchev–Trinajstić information content (AvgIpc) is 2.57. The standard InChI is InChI=1S/C12H13FN2O2/c1-7-11(14-15(2)12(7)16)8-4-5-10(17-3)9(13)6-8/h4-6,16H,1-3H3. The van der Waals surface area contributed by atoms with Crippen molar-refractivity contribution in [2.45, 2.75) is 6.92 Å². The molecule has 4 nitrogen and oxygen atoms in total. The molecular formula is C12H13FN2O2. The van der Waals surface area contributed by atoms with E-state index in [-0.39, 0.29) is 11.6 Å². The molecule has 2 aromatic rings. The Hall–Kier alpha value is -2.04. The van der Waals surface area contributed by atoms with Crippen molar-refractivity contribution in [3.63, 3.8) is 0 Å². The fourth-order valence-corrected chi connectivity index (χ4v) is 1.71. The highest BCUT2D eigenvalue weighted by Crippen LogP contribution is 2.30. The minimum absolute atomic E-state index is 0.0798. The molecule has 0 amide bonds. The van der Waals surface area contributed by atoms with Crippen LogP contribution in [0.4, 0.5) is 4.39 Å². The number of methoxy groups -OCH3 is 1. The summed E-state index contributed by atoms with van der Waals surface area (Å²) in [6, 6.07) is 4.58. The number of nitrogens with zero attached hydrogens (tertiary/aromatic N) is 2. The Morgan fingerprint density at radius 2 is 2.12 bits per heavy atom. The number of hydrogen-bond donors (Lipinski definition) is 1. The van der Waals surface area contributed by atoms with E-state index in [4.69, 9.17) is 4.74 Å². The van der Waals surface area contributed by atoms with Gasteiger partial charge in [-0.05, 0) is 25.1 Å². The fourth-order valence-electron chi connectivity index (χ4n) is 1.71. The second kappa shape index (κ2) is 4.08. The largest absolute Gasteiger partial charge is 0.494 e. The first-order chi connectivity index (χ1) is 8.04. The van der Waals surface area contributed by atoms with Crippen molar-refractivity contribution in [3.05, 3.63) is 29.6 Å². The van der Waals surface area contributed by atoms with E-state index in [1.54, 1.807) is 20.0 Å². The van der Waals surface area contributed by atoms with Gasteiger partial charge in [0.05, 0.1) is 12.8 Å². The first-order valence-corrected chi connectivity index (χ1v) is 5.11. The molecule has 1 aromatic carbocycles. The molecule has 0 aliphatic heterocycles. The monoisotopic (exact) mass is 236 g/mol. The van der Waals surface area contributed by atoms with Crippen LogP contribution in [-0.2, 0) is 7.05 Å². The predicted octanol–water partition coefficient (Wildman–Crippen LogP) is 2.25. The zero-order valence-electron chi connectivity index (χ0n) is 9.86. The van der Waals surface area contributed by atoms with Crippen LogP contribution in [-0.4, -0.2) is 22.0 Å². The summed E-state index contributed by atoms with van der Waals surface area (Å²) in [6.45, 7) is 1.74. The Morgan fingerprint density at radius 3 is 2.59 bits per heavy atom. The lowest BCUT2D eigenvalue weighted by atomic mass is 10.1. The quantitative estimate of drug-likeness (QED) is 0.869. The minimum atomic E-state index is -0.449. The predicted molar refractivity (Wildman–Crippen MR) is 61.6 cm³/mol. The van der Waals surface area contributed by atoms with Crippen LogP contribution in [0.25, 0.3) is 11.3 Å². The van der Waals surface area contributed by atoms with Crippen molar-refractivity contribution in [2.24, 2.45) is 7.05 Å². The topological polar surface area (TPSA) is 47.3 Å². The van der Waals surface area contributed by atoms with Crippen LogP contribution >= 0.6 is 0 Å². The van der Waals surface area contributed by atoms with Crippen molar-refractivity contribution >= 4 is 0 Å². The zero-order valence-corrected chi connectivity index (χ0v) is 9.86. The Balaban J connectivity index is 2.53. The number of aryl methyl sites for hydroxylation is 1. The van der Waals surface area contributed by atoms with E-state index in [0.717, 1.165) is 0 Å². The van der Waals surface area contributed by atoms with Gasteiger partial charge in [-0.15, -0.1) is 0 Å². The molecule has 0 radical (unpaired) electrons. The third kappa shape index (κ3) is 1.84. The number of halogens is 1. The third-order valence-corrected chi connectivity index (χ3v) is 2.67. The first-order valence-electron chi connectivity index (χ1n) is 5.11. The van der Waals surface area contributed by atoms with Crippen molar-refractivity contribution in [2.75, 3.05) is 7.11 Å². The number of aromatic nitrogens is 2. The summed E-state index contributed by atoms with van der Waals surface area (Å²) in [5, 5.41) is 13.8. The molecule has 17 heavy (non-hydrogen) atoms. The van der Waals surface area contributed by atoms with Crippen LogP contribution in [0.2, 0.25) is 0 Å². The minimum Gasteiger partial charge on any atom is -0.494 e. The second-order valence-electron chi connectivity index (χ2n) is 3.77. The van der Waals surface area contributed by atoms with Crippen LogP contribution in [0.15, 0.2) is 18.2 Å². The second-order valence-corrected chi connectivity index (χ2v) is 3.77. The summed E-state index contributed by atoms with van der Waals surface area (Å²) in [6.07, 6.45) is 0. The van der Waals surface area contributed by atoms with Gasteiger partial charge in [-0.1, -0.05) is 0 Å². The van der Waals surface area contributed by atoms with E-state index in [9.17, 15) is 9.50 Å². The molecule has 5 heteroatoms. The number of hydrogen-bond acceptors (Lipinski definition) is 3. The number of rotatable bonds is 2. The zero-order chi connectivity index (χ0) is 12.6. The highest BCUT2D eigenvalue weighted by atomic mass is 19.1. The number of benzene rings is 1. The molecule has 1 heterocycles. The van der Waals surface area contributed by atoms with Gasteiger partial charge in [0.1, 0.15) is 0 Å². The molecule has 0 spiro atoms. The first kappa shape index (κ1) is 11.4. The van der Waals surface area contributed by atoms with Crippen molar-refractivity contribution in [1.82, 2.24) is 9.78 Å². The Kier molecular flexibility index (Phi) is 2.75. The third-order valence-electron chi connectivity index (χ3n) is 2.67. The van der Waals surface area contributed by atoms with Crippen LogP contribution in [0.5, 0.6) is 11.6 Å². The van der Waals surface area contributed by atoms with Gasteiger partial charge >= 0.3 is 0 Å². The fraction of sp³-hybridized carbons (Fsp3) is 0.250. The van der Waals surface area contributed by atoms with Crippen molar-refractivity contribution < 1.29 is 14.2 Å². The maximum absolute atomic E-state index is 13.6. The molecule has 1 N–H and O–H groups in total. The molecule has 0 atom stereocenters. The molecule has 0 unspecified atom stereocenters. The molecule has 90 valence electrons. The summed E-state index contributed by atoms with van der Waals surface area (Å²) in [5.41, 5.74) is 1.79. The summed E-state index contributed by atoms with van der Waals surface area (Å²) in [4.78, 5) is 0. The van der Waals surface area contributed by atoms with E-state index < -0.39 is 5.82 Å². The molecule has 2 rings (SSSR count). The maximum atomic E-state index is 13.6. The van der Waals surface area contributed by atoms with Gasteiger partial charge in [0.2, 0.25) is 5.88 Å². The smallest absolute Gasteiger partial charge is 0.212 e. The van der Waals surface area contributed by atoms with Crippen LogP contribution in [0.3, 0.4) is 0 Å². The van der Waals surface area contributed by atoms with Gasteiger partial charge in [-0.3, -0.25) is 0 Å². The molecule has 1 aromatic heterocycles. The number of ether oxygens (including phenoxy) is 1. The highest BCUT2D eigenvalue weighted by Gasteiger charge is 2.14. The normalized spacial score (nSPS) is 10.6. The van der Waals surface area contributed by atoms with Gasteiger partial charge in [-0.25, -0.2) is 9.07 Å². The van der Waals surface area contributed by atoms with Crippen molar-refractivity contribution in [3.8, 4) is 22.9 Å².